The molecule has 0 amide bonds. The minimum Gasteiger partial charge on any atom is -0.496 e. The van der Waals surface area contributed by atoms with E-state index < -0.39 is 8.07 Å². The van der Waals surface area contributed by atoms with Crippen molar-refractivity contribution in [3.63, 3.8) is 0 Å². The molecule has 0 aliphatic rings. The molecule has 0 saturated carbocycles. The van der Waals surface area contributed by atoms with E-state index >= 15 is 0 Å². The lowest BCUT2D eigenvalue weighted by molar-refractivity contribution is 0.226. The van der Waals surface area contributed by atoms with Crippen molar-refractivity contribution in [2.75, 3.05) is 13.7 Å². The maximum atomic E-state index is 13.1. The van der Waals surface area contributed by atoms with Crippen molar-refractivity contribution in [3.8, 4) is 5.75 Å². The Morgan fingerprint density at radius 2 is 2.00 bits per heavy atom. The zero-order chi connectivity index (χ0) is 12.9. The summed E-state index contributed by atoms with van der Waals surface area (Å²) in [6.45, 7) is 9.12. The van der Waals surface area contributed by atoms with Gasteiger partial charge in [0.25, 0.3) is 0 Å². The fourth-order valence-corrected chi connectivity index (χ4v) is 2.04. The van der Waals surface area contributed by atoms with Crippen LogP contribution in [0.4, 0.5) is 4.39 Å². The summed E-state index contributed by atoms with van der Waals surface area (Å²) in [6.07, 6.45) is 0. The number of methoxy groups -OCH3 is 1. The van der Waals surface area contributed by atoms with E-state index in [2.05, 4.69) is 19.6 Å². The van der Waals surface area contributed by atoms with Crippen molar-refractivity contribution in [2.24, 2.45) is 0 Å². The monoisotopic (exact) mass is 255 g/mol. The second-order valence-electron chi connectivity index (χ2n) is 5.19. The van der Waals surface area contributed by atoms with Crippen LogP contribution in [0.5, 0.6) is 5.75 Å². The molecule has 1 rings (SSSR count). The highest BCUT2D eigenvalue weighted by atomic mass is 28.3. The lowest BCUT2D eigenvalue weighted by Gasteiger charge is -2.15. The molecule has 0 unspecified atom stereocenters. The fraction of sp³-hybridized carbons (Fsp3) is 0.462. The highest BCUT2D eigenvalue weighted by Crippen LogP contribution is 2.21. The van der Waals surface area contributed by atoms with Crippen LogP contribution < -0.4 is 4.74 Å². The largest absolute Gasteiger partial charge is 0.496 e. The topological polar surface area (TPSA) is 18.5 Å². The quantitative estimate of drug-likeness (QED) is 0.570. The zero-order valence-corrected chi connectivity index (χ0v) is 11.9. The number of halogens is 1. The Bertz CT molecular complexity index is 361. The van der Waals surface area contributed by atoms with Crippen LogP contribution in [0.15, 0.2) is 18.2 Å². The van der Waals surface area contributed by atoms with E-state index in [4.69, 9.17) is 9.47 Å². The molecule has 0 aromatic heterocycles. The summed E-state index contributed by atoms with van der Waals surface area (Å²) in [4.78, 5) is 0. The van der Waals surface area contributed by atoms with Crippen LogP contribution in [0.25, 0.3) is 0 Å². The number of benzene rings is 1. The van der Waals surface area contributed by atoms with E-state index in [1.165, 1.54) is 12.1 Å². The minimum atomic E-state index is -1.08. The Morgan fingerprint density at radius 3 is 2.59 bits per heavy atom. The smallest absolute Gasteiger partial charge is 0.124 e. The third-order valence-electron chi connectivity index (χ3n) is 2.37. The minimum absolute atomic E-state index is 0.286. The maximum Gasteiger partial charge on any atom is 0.124 e. The molecule has 0 N–H and O–H groups in total. The van der Waals surface area contributed by atoms with E-state index in [1.807, 2.05) is 0 Å². The van der Waals surface area contributed by atoms with Crippen molar-refractivity contribution in [2.45, 2.75) is 25.7 Å². The third-order valence-corrected chi connectivity index (χ3v) is 4.08. The Hall–Kier alpha value is -0.873. The van der Waals surface area contributed by atoms with Crippen LogP contribution >= 0.6 is 0 Å². The average molecular weight is 255 g/mol. The second kappa shape index (κ2) is 6.17. The van der Waals surface area contributed by atoms with Gasteiger partial charge in [-0.1, -0.05) is 19.6 Å². The van der Waals surface area contributed by atoms with Crippen molar-refractivity contribution < 1.29 is 13.9 Å². The lowest BCUT2D eigenvalue weighted by atomic mass is 10.2. The summed E-state index contributed by atoms with van der Waals surface area (Å²) in [5.74, 6) is 0.338. The second-order valence-corrected chi connectivity index (χ2v) is 10.8. The number of hydrogen-bond acceptors (Lipinski definition) is 2. The van der Waals surface area contributed by atoms with E-state index in [1.54, 1.807) is 19.8 Å². The van der Waals surface area contributed by atoms with Gasteiger partial charge >= 0.3 is 0 Å². The summed E-state index contributed by atoms with van der Waals surface area (Å²) in [6, 6.07) is 5.47. The first-order valence-electron chi connectivity index (χ1n) is 5.71. The van der Waals surface area contributed by atoms with Gasteiger partial charge in [0, 0.05) is 20.2 Å². The van der Waals surface area contributed by atoms with Crippen LogP contribution in [-0.4, -0.2) is 21.8 Å². The van der Waals surface area contributed by atoms with E-state index in [0.29, 0.717) is 17.9 Å². The molecule has 17 heavy (non-hydrogen) atoms. The Balaban J connectivity index is 2.48. The van der Waals surface area contributed by atoms with Gasteiger partial charge in [-0.05, 0) is 24.2 Å². The Morgan fingerprint density at radius 1 is 1.29 bits per heavy atom. The molecule has 1 aromatic carbocycles. The molecule has 4 heteroatoms. The first kappa shape index (κ1) is 14.2. The summed E-state index contributed by atoms with van der Waals surface area (Å²) < 4.78 is 23.6. The van der Waals surface area contributed by atoms with Crippen LogP contribution in [0.2, 0.25) is 25.7 Å². The molecule has 0 atom stereocenters. The van der Waals surface area contributed by atoms with Gasteiger partial charge in [-0.2, -0.15) is 0 Å². The number of rotatable bonds is 6. The molecule has 0 bridgehead atoms. The van der Waals surface area contributed by atoms with Crippen LogP contribution in [-0.2, 0) is 4.74 Å². The predicted molar refractivity (Wildman–Crippen MR) is 70.5 cm³/mol. The highest BCUT2D eigenvalue weighted by molar-refractivity contribution is 6.76. The molecule has 0 heterocycles. The lowest BCUT2D eigenvalue weighted by Crippen LogP contribution is -2.21. The van der Waals surface area contributed by atoms with E-state index in [-0.39, 0.29) is 5.82 Å². The average Bonchev–Trinajstić information content (AvgIpc) is 2.23. The molecule has 95 valence electrons. The molecule has 0 aliphatic heterocycles. The SMILES string of the molecule is COc1ccc(F)cc1[CH]OCC[Si](C)(C)C. The van der Waals surface area contributed by atoms with Gasteiger partial charge in [0.15, 0.2) is 0 Å². The molecule has 1 aromatic rings. The van der Waals surface area contributed by atoms with Gasteiger partial charge in [0.05, 0.1) is 7.11 Å². The van der Waals surface area contributed by atoms with Gasteiger partial charge in [-0.15, -0.1) is 0 Å². The summed E-state index contributed by atoms with van der Waals surface area (Å²) in [5, 5.41) is 0. The van der Waals surface area contributed by atoms with E-state index in [9.17, 15) is 4.39 Å². The predicted octanol–water partition coefficient (Wildman–Crippen LogP) is 3.70. The highest BCUT2D eigenvalue weighted by Gasteiger charge is 2.12. The van der Waals surface area contributed by atoms with Gasteiger partial charge < -0.3 is 9.47 Å². The van der Waals surface area contributed by atoms with Crippen LogP contribution in [0.3, 0.4) is 0 Å². The van der Waals surface area contributed by atoms with Gasteiger partial charge in [-0.25, -0.2) is 4.39 Å². The first-order valence-corrected chi connectivity index (χ1v) is 9.41. The van der Waals surface area contributed by atoms with Crippen molar-refractivity contribution >= 4 is 8.07 Å². The number of hydrogen-bond donors (Lipinski definition) is 0. The van der Waals surface area contributed by atoms with Gasteiger partial charge in [-0.3, -0.25) is 0 Å². The summed E-state index contributed by atoms with van der Waals surface area (Å²) in [5.41, 5.74) is 0.642. The standard InChI is InChI=1S/C13H20FO2Si/c1-15-13-6-5-12(14)9-11(13)10-16-7-8-17(2,3)4/h5-6,9-10H,7-8H2,1-4H3. The van der Waals surface area contributed by atoms with Crippen molar-refractivity contribution in [3.05, 3.63) is 36.2 Å². The molecule has 0 fully saturated rings. The zero-order valence-electron chi connectivity index (χ0n) is 10.9. The number of ether oxygens (including phenoxy) is 2. The summed E-state index contributed by atoms with van der Waals surface area (Å²) >= 11 is 0. The fourth-order valence-electron chi connectivity index (χ4n) is 1.31. The Kier molecular flexibility index (Phi) is 5.15. The van der Waals surface area contributed by atoms with Gasteiger partial charge in [0.1, 0.15) is 18.2 Å². The molecule has 0 aliphatic carbocycles. The molecular formula is C13H20FO2Si. The van der Waals surface area contributed by atoms with E-state index in [0.717, 1.165) is 6.04 Å². The summed E-state index contributed by atoms with van der Waals surface area (Å²) in [7, 11) is 0.484. The molecule has 0 saturated heterocycles. The molecule has 1 radical (unpaired) electrons. The van der Waals surface area contributed by atoms with Crippen LogP contribution in [0.1, 0.15) is 5.56 Å². The van der Waals surface area contributed by atoms with Crippen molar-refractivity contribution in [1.82, 2.24) is 0 Å². The molecular weight excluding hydrogens is 235 g/mol. The third kappa shape index (κ3) is 5.32. The molecule has 0 spiro atoms. The van der Waals surface area contributed by atoms with Crippen LogP contribution in [0, 0.1) is 12.4 Å². The first-order chi connectivity index (χ1) is 7.92. The van der Waals surface area contributed by atoms with Gasteiger partial charge in [0.2, 0.25) is 0 Å². The Labute approximate surface area is 104 Å². The normalized spacial score (nSPS) is 11.6. The van der Waals surface area contributed by atoms with Crippen molar-refractivity contribution in [1.29, 1.82) is 0 Å². The molecule has 2 nitrogen and oxygen atoms in total. The maximum absolute atomic E-state index is 13.1.